The Hall–Kier alpha value is -0.680. The molecule has 17 nitrogen and oxygen atoms in total. The summed E-state index contributed by atoms with van der Waals surface area (Å²) in [5.74, 6) is 0. The lowest BCUT2D eigenvalue weighted by atomic mass is 9.98. The van der Waals surface area contributed by atoms with E-state index in [1.807, 2.05) is 0 Å². The molecule has 212 valence electrons. The van der Waals surface area contributed by atoms with Gasteiger partial charge in [0.1, 0.15) is 73.2 Å². The zero-order valence-electron chi connectivity index (χ0n) is 18.6. The third-order valence-electron chi connectivity index (χ3n) is 5.14. The van der Waals surface area contributed by atoms with Crippen LogP contribution in [-0.2, 0) is 9.47 Å². The molecule has 0 aromatic rings. The summed E-state index contributed by atoms with van der Waals surface area (Å²) in [7, 11) is 0. The van der Waals surface area contributed by atoms with Crippen LogP contribution in [0.25, 0.3) is 0 Å². The van der Waals surface area contributed by atoms with Gasteiger partial charge in [0.15, 0.2) is 6.29 Å². The second-order valence-corrected chi connectivity index (χ2v) is 7.77. The number of ether oxygens (including phenoxy) is 2. The molecule has 0 aromatic heterocycles. The van der Waals surface area contributed by atoms with Gasteiger partial charge in [0.25, 0.3) is 0 Å². The zero-order valence-corrected chi connectivity index (χ0v) is 18.6. The van der Waals surface area contributed by atoms with Crippen molar-refractivity contribution >= 4 is 0 Å². The summed E-state index contributed by atoms with van der Waals surface area (Å²) in [4.78, 5) is 0. The molecule has 0 bridgehead atoms. The minimum atomic E-state index is -1.85. The fourth-order valence-electron chi connectivity index (χ4n) is 2.84. The van der Waals surface area contributed by atoms with E-state index in [1.165, 1.54) is 0 Å². The van der Waals surface area contributed by atoms with E-state index in [4.69, 9.17) is 55.4 Å². The van der Waals surface area contributed by atoms with Crippen molar-refractivity contribution in [1.29, 1.82) is 0 Å². The summed E-state index contributed by atoms with van der Waals surface area (Å²) in [6, 6.07) is 0. The molecule has 0 unspecified atom stereocenters. The minimum absolute atomic E-state index is 0.708. The summed E-state index contributed by atoms with van der Waals surface area (Å²) < 4.78 is 10.1. The lowest BCUT2D eigenvalue weighted by molar-refractivity contribution is -0.327. The van der Waals surface area contributed by atoms with E-state index in [2.05, 4.69) is 0 Å². The zero-order chi connectivity index (χ0) is 27.5. The first-order chi connectivity index (χ1) is 16.3. The van der Waals surface area contributed by atoms with Gasteiger partial charge in [-0.3, -0.25) is 0 Å². The Kier molecular flexibility index (Phi) is 16.6. The molecule has 1 rings (SSSR count). The Morgan fingerprint density at radius 2 is 0.943 bits per heavy atom. The Balaban J connectivity index is 0.000000814. The normalized spacial score (nSPS) is 31.8. The van der Waals surface area contributed by atoms with E-state index in [-0.39, 0.29) is 0 Å². The van der Waals surface area contributed by atoms with Gasteiger partial charge in [-0.2, -0.15) is 0 Å². The second kappa shape index (κ2) is 16.9. The van der Waals surface area contributed by atoms with Crippen LogP contribution in [0.3, 0.4) is 0 Å². The molecule has 0 aromatic carbocycles. The number of aliphatic hydroxyl groups is 15. The number of aliphatic hydroxyl groups excluding tert-OH is 15. The maximum atomic E-state index is 9.83. The largest absolute Gasteiger partial charge is 0.394 e. The molecule has 1 saturated heterocycles. The third kappa shape index (κ3) is 9.95. The maximum Gasteiger partial charge on any atom is 0.187 e. The maximum absolute atomic E-state index is 9.83. The Labute approximate surface area is 199 Å². The van der Waals surface area contributed by atoms with Crippen LogP contribution in [0.2, 0.25) is 0 Å². The van der Waals surface area contributed by atoms with Crippen molar-refractivity contribution in [3.05, 3.63) is 0 Å². The van der Waals surface area contributed by atoms with Gasteiger partial charge in [0.2, 0.25) is 0 Å². The van der Waals surface area contributed by atoms with Gasteiger partial charge in [-0.15, -0.1) is 0 Å². The molecule has 0 radical (unpaired) electrons. The topological polar surface area (TPSA) is 322 Å². The van der Waals surface area contributed by atoms with Crippen molar-refractivity contribution in [2.75, 3.05) is 33.0 Å². The van der Waals surface area contributed by atoms with Crippen LogP contribution in [-0.4, -0.2) is 189 Å². The van der Waals surface area contributed by atoms with Crippen LogP contribution in [0.15, 0.2) is 0 Å². The lowest BCUT2D eigenvalue weighted by Crippen LogP contribution is -2.61. The highest BCUT2D eigenvalue weighted by Gasteiger charge is 2.46. The predicted molar refractivity (Wildman–Crippen MR) is 109 cm³/mol. The van der Waals surface area contributed by atoms with Crippen LogP contribution in [0.4, 0.5) is 0 Å². The van der Waals surface area contributed by atoms with Crippen LogP contribution < -0.4 is 0 Å². The smallest absolute Gasteiger partial charge is 0.187 e. The molecular weight excluding hydrogens is 488 g/mol. The van der Waals surface area contributed by atoms with Gasteiger partial charge in [0, 0.05) is 0 Å². The molecule has 0 saturated carbocycles. The SMILES string of the molecule is OC[C@@H](O)[C@@H](O[C@H]1O[C@H](CO)[C@@H](O)[C@H](O)[C@H]1O)[C@H](O)[C@@H](O)CO.OC[C@@H](O)[C@H](O)[C@H](O)[C@@H](O)CO. The van der Waals surface area contributed by atoms with Gasteiger partial charge in [-0.05, 0) is 0 Å². The van der Waals surface area contributed by atoms with Crippen molar-refractivity contribution in [3.8, 4) is 0 Å². The van der Waals surface area contributed by atoms with Gasteiger partial charge >= 0.3 is 0 Å². The average Bonchev–Trinajstić information content (AvgIpc) is 2.88. The van der Waals surface area contributed by atoms with Crippen LogP contribution in [0.5, 0.6) is 0 Å². The molecule has 15 N–H and O–H groups in total. The highest BCUT2D eigenvalue weighted by Crippen LogP contribution is 2.24. The first-order valence-electron chi connectivity index (χ1n) is 10.5. The van der Waals surface area contributed by atoms with E-state index in [9.17, 15) is 30.6 Å². The molecule has 0 aliphatic carbocycles. The Morgan fingerprint density at radius 1 is 0.543 bits per heavy atom. The first-order valence-corrected chi connectivity index (χ1v) is 10.5. The third-order valence-corrected chi connectivity index (χ3v) is 5.14. The molecule has 1 aliphatic heterocycles. The molecule has 35 heavy (non-hydrogen) atoms. The first kappa shape index (κ1) is 34.3. The summed E-state index contributed by atoms with van der Waals surface area (Å²) in [6.45, 7) is -3.91. The highest BCUT2D eigenvalue weighted by atomic mass is 16.7. The summed E-state index contributed by atoms with van der Waals surface area (Å²) >= 11 is 0. The van der Waals surface area contributed by atoms with E-state index in [0.29, 0.717) is 0 Å². The second-order valence-electron chi connectivity index (χ2n) is 7.77. The van der Waals surface area contributed by atoms with E-state index in [1.54, 1.807) is 0 Å². The van der Waals surface area contributed by atoms with Crippen molar-refractivity contribution in [3.63, 3.8) is 0 Å². The van der Waals surface area contributed by atoms with Crippen LogP contribution in [0, 0.1) is 0 Å². The van der Waals surface area contributed by atoms with E-state index >= 15 is 0 Å². The van der Waals surface area contributed by atoms with Gasteiger partial charge in [-0.1, -0.05) is 0 Å². The number of rotatable bonds is 13. The van der Waals surface area contributed by atoms with Gasteiger partial charge in [-0.25, -0.2) is 0 Å². The lowest BCUT2D eigenvalue weighted by Gasteiger charge is -2.42. The molecule has 17 heteroatoms. The van der Waals surface area contributed by atoms with E-state index < -0.39 is 113 Å². The summed E-state index contributed by atoms with van der Waals surface area (Å²) in [5.41, 5.74) is 0. The number of hydrogen-bond acceptors (Lipinski definition) is 17. The van der Waals surface area contributed by atoms with Gasteiger partial charge in [0.05, 0.1) is 33.0 Å². The minimum Gasteiger partial charge on any atom is -0.394 e. The molecule has 0 amide bonds. The fraction of sp³-hybridized carbons (Fsp3) is 1.00. The van der Waals surface area contributed by atoms with Crippen molar-refractivity contribution in [1.82, 2.24) is 0 Å². The molecule has 0 spiro atoms. The van der Waals surface area contributed by atoms with E-state index in [0.717, 1.165) is 0 Å². The highest BCUT2D eigenvalue weighted by molar-refractivity contribution is 4.91. The van der Waals surface area contributed by atoms with Crippen LogP contribution >= 0.6 is 0 Å². The molecule has 1 fully saturated rings. The quantitative estimate of drug-likeness (QED) is 0.106. The molecule has 1 heterocycles. The predicted octanol–water partition coefficient (Wildman–Crippen LogP) is -9.35. The van der Waals surface area contributed by atoms with Crippen LogP contribution in [0.1, 0.15) is 0 Å². The molecule has 13 atom stereocenters. The Bertz CT molecular complexity index is 527. The van der Waals surface area contributed by atoms with Crippen molar-refractivity contribution in [2.24, 2.45) is 0 Å². The molecular formula is C18H38O17. The average molecular weight is 526 g/mol. The molecule has 1 aliphatic rings. The van der Waals surface area contributed by atoms with Crippen molar-refractivity contribution in [2.45, 2.75) is 79.5 Å². The van der Waals surface area contributed by atoms with Gasteiger partial charge < -0.3 is 86.1 Å². The number of hydrogen-bond donors (Lipinski definition) is 15. The summed E-state index contributed by atoms with van der Waals surface area (Å²) in [6.07, 6.45) is -21.5. The Morgan fingerprint density at radius 3 is 1.31 bits per heavy atom. The fourth-order valence-corrected chi connectivity index (χ4v) is 2.84. The van der Waals surface area contributed by atoms with Crippen molar-refractivity contribution < 1.29 is 86.1 Å². The standard InChI is InChI=1S/C12H24O11.C6H14O6/c13-1-4(16)7(18)11(5(17)2-14)23-12-10(21)9(20)8(19)6(3-15)22-12;7-1-3(9)5(11)6(12)4(10)2-8/h4-21H,1-3H2;3-12H,1-2H2/t4-,5+,6+,7+,8+,9-,10+,11+,12+;3-,4+,5+,6-/m0./s1. The summed E-state index contributed by atoms with van der Waals surface area (Å²) in [5, 5.41) is 137. The monoisotopic (exact) mass is 526 g/mol.